The van der Waals surface area contributed by atoms with Gasteiger partial charge in [0.2, 0.25) is 0 Å². The lowest BCUT2D eigenvalue weighted by atomic mass is 10.1. The van der Waals surface area contributed by atoms with Gasteiger partial charge in [-0.25, -0.2) is 0 Å². The fraction of sp³-hybridized carbons (Fsp3) is 0.455. The van der Waals surface area contributed by atoms with E-state index in [-0.39, 0.29) is 6.61 Å². The normalized spacial score (nSPS) is 11.5. The lowest BCUT2D eigenvalue weighted by Gasteiger charge is -2.19. The predicted molar refractivity (Wildman–Crippen MR) is 63.8 cm³/mol. The van der Waals surface area contributed by atoms with Gasteiger partial charge in [-0.3, -0.25) is 0 Å². The van der Waals surface area contributed by atoms with Crippen molar-refractivity contribution in [2.24, 2.45) is 5.73 Å². The van der Waals surface area contributed by atoms with E-state index in [4.69, 9.17) is 10.5 Å². The molecule has 1 aromatic rings. The molecule has 0 saturated heterocycles. The molecule has 84 valence electrons. The summed E-state index contributed by atoms with van der Waals surface area (Å²) in [7, 11) is 0. The van der Waals surface area contributed by atoms with E-state index in [1.165, 1.54) is 0 Å². The molecule has 1 rings (SSSR count). The zero-order valence-corrected chi connectivity index (χ0v) is 10.5. The second-order valence-corrected chi connectivity index (χ2v) is 4.97. The van der Waals surface area contributed by atoms with Crippen molar-refractivity contribution in [2.45, 2.75) is 26.0 Å². The van der Waals surface area contributed by atoms with Crippen molar-refractivity contribution >= 4 is 15.9 Å². The number of rotatable bonds is 4. The summed E-state index contributed by atoms with van der Waals surface area (Å²) in [4.78, 5) is 0. The molecule has 0 unspecified atom stereocenters. The highest BCUT2D eigenvalue weighted by atomic mass is 79.9. The first kappa shape index (κ1) is 12.5. The maximum absolute atomic E-state index is 9.53. The van der Waals surface area contributed by atoms with Crippen molar-refractivity contribution in [3.05, 3.63) is 28.2 Å². The smallest absolute Gasteiger partial charge is 0.124 e. The van der Waals surface area contributed by atoms with E-state index in [0.717, 1.165) is 15.8 Å². The second kappa shape index (κ2) is 4.96. The van der Waals surface area contributed by atoms with Gasteiger partial charge in [-0.15, -0.1) is 0 Å². The Balaban J connectivity index is 2.76. The molecule has 3 N–H and O–H groups in total. The third-order valence-electron chi connectivity index (χ3n) is 1.82. The third kappa shape index (κ3) is 4.20. The summed E-state index contributed by atoms with van der Waals surface area (Å²) in [6.07, 6.45) is 0. The maximum atomic E-state index is 9.53. The number of ether oxygens (including phenoxy) is 1. The topological polar surface area (TPSA) is 55.5 Å². The van der Waals surface area contributed by atoms with Gasteiger partial charge in [-0.2, -0.15) is 0 Å². The zero-order chi connectivity index (χ0) is 11.5. The minimum Gasteiger partial charge on any atom is -0.490 e. The summed E-state index contributed by atoms with van der Waals surface area (Å²) < 4.78 is 6.47. The van der Waals surface area contributed by atoms with Crippen LogP contribution >= 0.6 is 15.9 Å². The first-order valence-corrected chi connectivity index (χ1v) is 5.55. The predicted octanol–water partition coefficient (Wildman–Crippen LogP) is 2.06. The molecule has 0 radical (unpaired) electrons. The molecule has 3 nitrogen and oxygen atoms in total. The number of hydrogen-bond acceptors (Lipinski definition) is 3. The van der Waals surface area contributed by atoms with Crippen molar-refractivity contribution in [3.63, 3.8) is 0 Å². The lowest BCUT2D eigenvalue weighted by Crippen LogP contribution is -2.28. The van der Waals surface area contributed by atoms with E-state index in [2.05, 4.69) is 15.9 Å². The van der Waals surface area contributed by atoms with Crippen LogP contribution in [0.4, 0.5) is 0 Å². The van der Waals surface area contributed by atoms with Crippen LogP contribution in [0.3, 0.4) is 0 Å². The Morgan fingerprint density at radius 2 is 2.13 bits per heavy atom. The van der Waals surface area contributed by atoms with Crippen molar-refractivity contribution in [1.29, 1.82) is 0 Å². The molecule has 0 saturated carbocycles. The van der Waals surface area contributed by atoms with Crippen LogP contribution in [-0.4, -0.2) is 17.3 Å². The van der Waals surface area contributed by atoms with Crippen LogP contribution in [0.15, 0.2) is 22.7 Å². The molecule has 0 aliphatic rings. The molecule has 0 fully saturated rings. The van der Waals surface area contributed by atoms with Gasteiger partial charge >= 0.3 is 0 Å². The van der Waals surface area contributed by atoms with E-state index in [1.54, 1.807) is 13.8 Å². The second-order valence-electron chi connectivity index (χ2n) is 4.06. The first-order chi connectivity index (χ1) is 6.92. The molecule has 0 aliphatic carbocycles. The van der Waals surface area contributed by atoms with Crippen LogP contribution in [0.1, 0.15) is 19.4 Å². The highest BCUT2D eigenvalue weighted by Gasteiger charge is 2.14. The molecule has 0 spiro atoms. The van der Waals surface area contributed by atoms with Gasteiger partial charge in [0, 0.05) is 16.6 Å². The van der Waals surface area contributed by atoms with Crippen molar-refractivity contribution in [1.82, 2.24) is 0 Å². The Labute approximate surface area is 98.4 Å². The van der Waals surface area contributed by atoms with Crippen LogP contribution in [0.2, 0.25) is 0 Å². The highest BCUT2D eigenvalue weighted by molar-refractivity contribution is 9.10. The Hall–Kier alpha value is -0.580. The van der Waals surface area contributed by atoms with Gasteiger partial charge in [-0.05, 0) is 32.0 Å². The molecule has 0 bridgehead atoms. The summed E-state index contributed by atoms with van der Waals surface area (Å²) in [6.45, 7) is 4.07. The van der Waals surface area contributed by atoms with Crippen LogP contribution in [0.25, 0.3) is 0 Å². The van der Waals surface area contributed by atoms with Gasteiger partial charge in [0.25, 0.3) is 0 Å². The quantitative estimate of drug-likeness (QED) is 0.883. The van der Waals surface area contributed by atoms with E-state index >= 15 is 0 Å². The zero-order valence-electron chi connectivity index (χ0n) is 8.96. The monoisotopic (exact) mass is 273 g/mol. The molecule has 0 amide bonds. The minimum absolute atomic E-state index is 0.252. The van der Waals surface area contributed by atoms with Crippen molar-refractivity contribution in [2.75, 3.05) is 6.61 Å². The Morgan fingerprint density at radius 3 is 2.67 bits per heavy atom. The van der Waals surface area contributed by atoms with Crippen molar-refractivity contribution in [3.8, 4) is 5.75 Å². The number of hydrogen-bond donors (Lipinski definition) is 2. The van der Waals surface area contributed by atoms with E-state index in [9.17, 15) is 5.11 Å². The fourth-order valence-electron chi connectivity index (χ4n) is 1.10. The lowest BCUT2D eigenvalue weighted by molar-refractivity contribution is 0.0281. The molecular weight excluding hydrogens is 258 g/mol. The summed E-state index contributed by atoms with van der Waals surface area (Å²) >= 11 is 3.37. The fourth-order valence-corrected chi connectivity index (χ4v) is 1.51. The minimum atomic E-state index is -0.834. The van der Waals surface area contributed by atoms with E-state index in [0.29, 0.717) is 6.54 Å². The average molecular weight is 274 g/mol. The molecule has 15 heavy (non-hydrogen) atoms. The highest BCUT2D eigenvalue weighted by Crippen LogP contribution is 2.23. The van der Waals surface area contributed by atoms with Gasteiger partial charge in [0.1, 0.15) is 12.4 Å². The van der Waals surface area contributed by atoms with E-state index in [1.807, 2.05) is 18.2 Å². The van der Waals surface area contributed by atoms with Crippen LogP contribution in [0, 0.1) is 0 Å². The first-order valence-electron chi connectivity index (χ1n) is 4.76. The average Bonchev–Trinajstić information content (AvgIpc) is 2.14. The van der Waals surface area contributed by atoms with Crippen LogP contribution in [0.5, 0.6) is 5.75 Å². The third-order valence-corrected chi connectivity index (χ3v) is 2.32. The number of nitrogens with two attached hydrogens (primary N) is 1. The van der Waals surface area contributed by atoms with Gasteiger partial charge in [0.15, 0.2) is 0 Å². The Morgan fingerprint density at radius 1 is 1.47 bits per heavy atom. The molecule has 4 heteroatoms. The number of aliphatic hydroxyl groups is 1. The van der Waals surface area contributed by atoms with E-state index < -0.39 is 5.60 Å². The molecule has 1 aromatic carbocycles. The van der Waals surface area contributed by atoms with Gasteiger partial charge < -0.3 is 15.6 Å². The molecular formula is C11H16BrNO2. The largest absolute Gasteiger partial charge is 0.490 e. The van der Waals surface area contributed by atoms with Gasteiger partial charge in [-0.1, -0.05) is 15.9 Å². The summed E-state index contributed by atoms with van der Waals surface area (Å²) in [5.41, 5.74) is 5.69. The molecule has 0 aliphatic heterocycles. The van der Waals surface area contributed by atoms with Crippen LogP contribution in [-0.2, 0) is 6.54 Å². The molecule has 0 atom stereocenters. The Kier molecular flexibility index (Phi) is 4.13. The molecule has 0 heterocycles. The maximum Gasteiger partial charge on any atom is 0.124 e. The SMILES string of the molecule is CC(C)(O)COc1ccc(Br)cc1CN. The standard InChI is InChI=1S/C11H16BrNO2/c1-11(2,14)7-15-10-4-3-9(12)5-8(10)6-13/h3-5,14H,6-7,13H2,1-2H3. The summed E-state index contributed by atoms with van der Waals surface area (Å²) in [6, 6.07) is 5.65. The van der Waals surface area contributed by atoms with Crippen LogP contribution < -0.4 is 10.5 Å². The number of halogens is 1. The van der Waals surface area contributed by atoms with Crippen molar-refractivity contribution < 1.29 is 9.84 Å². The summed E-state index contributed by atoms with van der Waals surface area (Å²) in [5.74, 6) is 0.725. The number of benzene rings is 1. The molecule has 0 aromatic heterocycles. The Bertz CT molecular complexity index is 334. The van der Waals surface area contributed by atoms with Gasteiger partial charge in [0.05, 0.1) is 5.60 Å². The summed E-state index contributed by atoms with van der Waals surface area (Å²) in [5, 5.41) is 9.53.